The molecule has 0 bridgehead atoms. The average molecular weight is 417 g/mol. The highest BCUT2D eigenvalue weighted by atomic mass is 32.2. The second-order valence-corrected chi connectivity index (χ2v) is 8.24. The number of hydrogen-bond donors (Lipinski definition) is 1. The summed E-state index contributed by atoms with van der Waals surface area (Å²) in [6, 6.07) is 16.4. The van der Waals surface area contributed by atoms with E-state index in [-0.39, 0.29) is 17.5 Å². The van der Waals surface area contributed by atoms with Gasteiger partial charge in [-0.15, -0.1) is 10.2 Å². The maximum Gasteiger partial charge on any atom is 0.233 e. The molecule has 1 aromatic heterocycles. The monoisotopic (exact) mass is 416 g/mol. The van der Waals surface area contributed by atoms with E-state index in [0.717, 1.165) is 20.6 Å². The van der Waals surface area contributed by atoms with Gasteiger partial charge in [0.25, 0.3) is 0 Å². The summed E-state index contributed by atoms with van der Waals surface area (Å²) in [6.07, 6.45) is 0. The lowest BCUT2D eigenvalue weighted by Gasteiger charge is -2.20. The van der Waals surface area contributed by atoms with Crippen LogP contribution in [0.3, 0.4) is 0 Å². The normalized spacial score (nSPS) is 10.6. The number of carbonyl (C=O) groups excluding carboxylic acids is 1. The number of thioether (sulfide) groups is 1. The molecule has 0 aliphatic rings. The minimum absolute atomic E-state index is 0.00856. The van der Waals surface area contributed by atoms with Gasteiger partial charge in [0.05, 0.1) is 5.75 Å². The quantitative estimate of drug-likeness (QED) is 0.523. The standard InChI is InChI=1S/C20H21FN4OS2/c1-2-25(13-16-9-6-10-17(21)11-16)18(26)14-27-20-24-23-19(28-20)22-12-15-7-4-3-5-8-15/h3-11H,2,12-14H2,1H3,(H,22,23). The van der Waals surface area contributed by atoms with Gasteiger partial charge >= 0.3 is 0 Å². The Bertz CT molecular complexity index is 904. The highest BCUT2D eigenvalue weighted by molar-refractivity contribution is 8.01. The van der Waals surface area contributed by atoms with Crippen LogP contribution in [-0.2, 0) is 17.9 Å². The number of aromatic nitrogens is 2. The SMILES string of the molecule is CCN(Cc1cccc(F)c1)C(=O)CSc1nnc(NCc2ccccc2)s1. The average Bonchev–Trinajstić information content (AvgIpc) is 3.17. The van der Waals surface area contributed by atoms with Gasteiger partial charge in [0, 0.05) is 19.6 Å². The van der Waals surface area contributed by atoms with Crippen LogP contribution in [0.25, 0.3) is 0 Å². The minimum Gasteiger partial charge on any atom is -0.356 e. The largest absolute Gasteiger partial charge is 0.356 e. The predicted molar refractivity (Wildman–Crippen MR) is 112 cm³/mol. The van der Waals surface area contributed by atoms with Gasteiger partial charge in [-0.2, -0.15) is 0 Å². The molecule has 0 fully saturated rings. The highest BCUT2D eigenvalue weighted by Gasteiger charge is 2.14. The first-order valence-electron chi connectivity index (χ1n) is 8.90. The van der Waals surface area contributed by atoms with Gasteiger partial charge in [0.2, 0.25) is 11.0 Å². The Hall–Kier alpha value is -2.45. The lowest BCUT2D eigenvalue weighted by atomic mass is 10.2. The molecule has 28 heavy (non-hydrogen) atoms. The molecule has 146 valence electrons. The van der Waals surface area contributed by atoms with Crippen LogP contribution >= 0.6 is 23.1 Å². The summed E-state index contributed by atoms with van der Waals surface area (Å²) in [6.45, 7) is 3.55. The highest BCUT2D eigenvalue weighted by Crippen LogP contribution is 2.26. The van der Waals surface area contributed by atoms with Crippen LogP contribution in [0.2, 0.25) is 0 Å². The molecular weight excluding hydrogens is 395 g/mol. The van der Waals surface area contributed by atoms with Gasteiger partial charge in [-0.1, -0.05) is 65.6 Å². The first-order valence-corrected chi connectivity index (χ1v) is 10.7. The topological polar surface area (TPSA) is 58.1 Å². The van der Waals surface area contributed by atoms with Crippen molar-refractivity contribution in [2.45, 2.75) is 24.4 Å². The third-order valence-corrected chi connectivity index (χ3v) is 6.01. The van der Waals surface area contributed by atoms with Crippen molar-refractivity contribution in [2.24, 2.45) is 0 Å². The molecule has 2 aromatic carbocycles. The molecule has 0 saturated carbocycles. The van der Waals surface area contributed by atoms with Crippen LogP contribution in [0.5, 0.6) is 0 Å². The van der Waals surface area contributed by atoms with Gasteiger partial charge in [0.1, 0.15) is 5.82 Å². The lowest BCUT2D eigenvalue weighted by Crippen LogP contribution is -2.31. The zero-order valence-corrected chi connectivity index (χ0v) is 17.1. The molecule has 5 nitrogen and oxygen atoms in total. The second kappa shape index (κ2) is 10.2. The van der Waals surface area contributed by atoms with Crippen LogP contribution in [-0.4, -0.2) is 33.3 Å². The molecule has 0 saturated heterocycles. The maximum atomic E-state index is 13.3. The van der Waals surface area contributed by atoms with Crippen molar-refractivity contribution in [2.75, 3.05) is 17.6 Å². The summed E-state index contributed by atoms with van der Waals surface area (Å²) >= 11 is 2.80. The first-order chi connectivity index (χ1) is 13.6. The predicted octanol–water partition coefficient (Wildman–Crippen LogP) is 4.43. The molecule has 3 rings (SSSR count). The summed E-state index contributed by atoms with van der Waals surface area (Å²) in [5.41, 5.74) is 1.95. The summed E-state index contributed by atoms with van der Waals surface area (Å²) < 4.78 is 14.1. The van der Waals surface area contributed by atoms with Crippen molar-refractivity contribution >= 4 is 34.1 Å². The van der Waals surface area contributed by atoms with Gasteiger partial charge < -0.3 is 10.2 Å². The Morgan fingerprint density at radius 3 is 2.68 bits per heavy atom. The van der Waals surface area contributed by atoms with Crippen LogP contribution in [0.15, 0.2) is 58.9 Å². The molecule has 0 aliphatic heterocycles. The van der Waals surface area contributed by atoms with E-state index in [0.29, 0.717) is 19.6 Å². The Kier molecular flexibility index (Phi) is 7.39. The molecule has 1 N–H and O–H groups in total. The molecule has 3 aromatic rings. The van der Waals surface area contributed by atoms with Crippen molar-refractivity contribution in [3.63, 3.8) is 0 Å². The molecule has 1 amide bonds. The van der Waals surface area contributed by atoms with Crippen molar-refractivity contribution in [3.8, 4) is 0 Å². The first kappa shape index (κ1) is 20.3. The third-order valence-electron chi connectivity index (χ3n) is 4.01. The number of carbonyl (C=O) groups is 1. The van der Waals surface area contributed by atoms with Crippen LogP contribution in [0.1, 0.15) is 18.1 Å². The van der Waals surface area contributed by atoms with E-state index in [1.54, 1.807) is 11.0 Å². The fourth-order valence-electron chi connectivity index (χ4n) is 2.56. The number of benzene rings is 2. The van der Waals surface area contributed by atoms with E-state index in [2.05, 4.69) is 15.5 Å². The number of rotatable bonds is 9. The van der Waals surface area contributed by atoms with Gasteiger partial charge in [-0.3, -0.25) is 4.79 Å². The lowest BCUT2D eigenvalue weighted by molar-refractivity contribution is -0.128. The number of anilines is 1. The molecular formula is C20H21FN4OS2. The number of amides is 1. The van der Waals surface area contributed by atoms with E-state index in [1.165, 1.54) is 35.2 Å². The Morgan fingerprint density at radius 2 is 1.93 bits per heavy atom. The molecule has 8 heteroatoms. The Labute approximate surface area is 172 Å². The van der Waals surface area contributed by atoms with Crippen molar-refractivity contribution in [3.05, 3.63) is 71.5 Å². The molecule has 0 spiro atoms. The molecule has 0 aliphatic carbocycles. The van der Waals surface area contributed by atoms with Crippen molar-refractivity contribution < 1.29 is 9.18 Å². The molecule has 0 atom stereocenters. The fourth-order valence-corrected chi connectivity index (χ4v) is 4.21. The Morgan fingerprint density at radius 1 is 1.14 bits per heavy atom. The van der Waals surface area contributed by atoms with Crippen LogP contribution < -0.4 is 5.32 Å². The van der Waals surface area contributed by atoms with Crippen molar-refractivity contribution in [1.82, 2.24) is 15.1 Å². The summed E-state index contributed by atoms with van der Waals surface area (Å²) in [7, 11) is 0. The smallest absolute Gasteiger partial charge is 0.233 e. The zero-order chi connectivity index (χ0) is 19.8. The number of halogens is 1. The van der Waals surface area contributed by atoms with Gasteiger partial charge in [-0.05, 0) is 30.2 Å². The van der Waals surface area contributed by atoms with E-state index in [1.807, 2.05) is 43.3 Å². The van der Waals surface area contributed by atoms with E-state index >= 15 is 0 Å². The fraction of sp³-hybridized carbons (Fsp3) is 0.250. The van der Waals surface area contributed by atoms with Gasteiger partial charge in [-0.25, -0.2) is 4.39 Å². The number of nitrogens with one attached hydrogen (secondary N) is 1. The maximum absolute atomic E-state index is 13.3. The second-order valence-electron chi connectivity index (χ2n) is 6.04. The molecule has 1 heterocycles. The number of hydrogen-bond acceptors (Lipinski definition) is 6. The van der Waals surface area contributed by atoms with Crippen molar-refractivity contribution in [1.29, 1.82) is 0 Å². The number of nitrogens with zero attached hydrogens (tertiary/aromatic N) is 3. The summed E-state index contributed by atoms with van der Waals surface area (Å²) in [4.78, 5) is 14.2. The van der Waals surface area contributed by atoms with E-state index in [9.17, 15) is 9.18 Å². The summed E-state index contributed by atoms with van der Waals surface area (Å²) in [5.74, 6) is -0.0262. The van der Waals surface area contributed by atoms with E-state index < -0.39 is 0 Å². The van der Waals surface area contributed by atoms with E-state index in [4.69, 9.17) is 0 Å². The van der Waals surface area contributed by atoms with Crippen LogP contribution in [0, 0.1) is 5.82 Å². The minimum atomic E-state index is -0.292. The molecule has 0 radical (unpaired) electrons. The summed E-state index contributed by atoms with van der Waals surface area (Å²) in [5, 5.41) is 12.2. The zero-order valence-electron chi connectivity index (χ0n) is 15.5. The molecule has 0 unspecified atom stereocenters. The van der Waals surface area contributed by atoms with Crippen LogP contribution in [0.4, 0.5) is 9.52 Å². The van der Waals surface area contributed by atoms with Gasteiger partial charge in [0.15, 0.2) is 4.34 Å². The third kappa shape index (κ3) is 6.03. The Balaban J connectivity index is 1.48.